The molecule has 9 heteroatoms. The van der Waals surface area contributed by atoms with Crippen LogP contribution in [0.3, 0.4) is 0 Å². The molecule has 8 nitrogen and oxygen atoms in total. The van der Waals surface area contributed by atoms with E-state index >= 15 is 0 Å². The number of aromatic nitrogens is 3. The number of amides is 1. The monoisotopic (exact) mass is 384 g/mol. The second kappa shape index (κ2) is 6.66. The number of fused-ring (bicyclic) bond motifs is 3. The van der Waals surface area contributed by atoms with E-state index in [-0.39, 0.29) is 11.3 Å². The molecule has 0 saturated heterocycles. The number of hydrogen-bond donors (Lipinski definition) is 3. The first-order valence-corrected chi connectivity index (χ1v) is 8.90. The van der Waals surface area contributed by atoms with Crippen LogP contribution >= 0.6 is 0 Å². The topological polar surface area (TPSA) is 92.6 Å². The Morgan fingerprint density at radius 2 is 2.11 bits per heavy atom. The highest BCUT2D eigenvalue weighted by molar-refractivity contribution is 6.00. The van der Waals surface area contributed by atoms with Crippen molar-refractivity contribution in [1.82, 2.24) is 19.9 Å². The molecule has 4 rings (SSSR count). The highest BCUT2D eigenvalue weighted by Gasteiger charge is 2.23. The SMILES string of the molecule is CNc1cc2nc3c(cnn13)C(=O)NCC(C)(C)COc1cc(F)cc(c1)N2. The standard InChI is InChI=1S/C19H21FN6O2/c1-19(2)9-22-18(27)14-8-23-26-16(21-3)7-15(25-17(14)26)24-12-4-11(20)5-13(6-12)28-10-19/h4-8,21H,9-10H2,1-3H3,(H,22,27)(H,24,25). The summed E-state index contributed by atoms with van der Waals surface area (Å²) >= 11 is 0. The molecule has 3 N–H and O–H groups in total. The Kier molecular flexibility index (Phi) is 4.29. The van der Waals surface area contributed by atoms with E-state index in [0.717, 1.165) is 0 Å². The van der Waals surface area contributed by atoms with Crippen molar-refractivity contribution < 1.29 is 13.9 Å². The van der Waals surface area contributed by atoms with Crippen molar-refractivity contribution in [1.29, 1.82) is 0 Å². The van der Waals surface area contributed by atoms with Gasteiger partial charge in [0.1, 0.15) is 28.8 Å². The summed E-state index contributed by atoms with van der Waals surface area (Å²) in [5.41, 5.74) is 0.884. The molecular formula is C19H21FN6O2. The molecule has 4 bridgehead atoms. The van der Waals surface area contributed by atoms with Crippen molar-refractivity contribution in [2.75, 3.05) is 30.8 Å². The number of hydrogen-bond acceptors (Lipinski definition) is 6. The molecule has 1 aliphatic rings. The number of benzene rings is 1. The Bertz CT molecular complexity index is 1060. The summed E-state index contributed by atoms with van der Waals surface area (Å²) in [6, 6.07) is 6.13. The predicted molar refractivity (Wildman–Crippen MR) is 104 cm³/mol. The molecule has 0 atom stereocenters. The van der Waals surface area contributed by atoms with Crippen LogP contribution in [-0.4, -0.2) is 40.7 Å². The van der Waals surface area contributed by atoms with Gasteiger partial charge in [0.2, 0.25) is 0 Å². The van der Waals surface area contributed by atoms with E-state index in [4.69, 9.17) is 4.74 Å². The van der Waals surface area contributed by atoms with Gasteiger partial charge in [0.25, 0.3) is 5.91 Å². The maximum atomic E-state index is 14.1. The number of halogens is 1. The van der Waals surface area contributed by atoms with Crippen LogP contribution < -0.4 is 20.7 Å². The third kappa shape index (κ3) is 3.42. The molecule has 1 aromatic carbocycles. The van der Waals surface area contributed by atoms with Crippen molar-refractivity contribution in [3.63, 3.8) is 0 Å². The molecular weight excluding hydrogens is 363 g/mol. The summed E-state index contributed by atoms with van der Waals surface area (Å²) in [6.45, 7) is 4.61. The van der Waals surface area contributed by atoms with Crippen LogP contribution in [0.5, 0.6) is 5.75 Å². The first-order valence-electron chi connectivity index (χ1n) is 8.90. The number of nitrogens with zero attached hydrogens (tertiary/aromatic N) is 3. The van der Waals surface area contributed by atoms with Gasteiger partial charge in [-0.05, 0) is 6.07 Å². The van der Waals surface area contributed by atoms with E-state index < -0.39 is 5.82 Å². The lowest BCUT2D eigenvalue weighted by Crippen LogP contribution is -2.37. The van der Waals surface area contributed by atoms with Gasteiger partial charge in [-0.3, -0.25) is 4.79 Å². The molecule has 3 aromatic rings. The second-order valence-corrected chi connectivity index (χ2v) is 7.51. The minimum Gasteiger partial charge on any atom is -0.493 e. The van der Waals surface area contributed by atoms with E-state index in [0.29, 0.717) is 47.4 Å². The molecule has 0 fully saturated rings. The zero-order valence-electron chi connectivity index (χ0n) is 15.8. The molecule has 1 aliphatic heterocycles. The first kappa shape index (κ1) is 18.0. The molecule has 0 spiro atoms. The largest absolute Gasteiger partial charge is 0.493 e. The summed E-state index contributed by atoms with van der Waals surface area (Å²) in [7, 11) is 1.74. The minimum atomic E-state index is -0.418. The van der Waals surface area contributed by atoms with E-state index in [2.05, 4.69) is 26.0 Å². The fraction of sp³-hybridized carbons (Fsp3) is 0.316. The molecule has 146 valence electrons. The number of carbonyl (C=O) groups is 1. The van der Waals surface area contributed by atoms with Crippen molar-refractivity contribution in [2.24, 2.45) is 5.41 Å². The van der Waals surface area contributed by atoms with E-state index in [1.165, 1.54) is 18.3 Å². The third-order valence-electron chi connectivity index (χ3n) is 4.47. The molecule has 2 aromatic heterocycles. The molecule has 0 unspecified atom stereocenters. The maximum absolute atomic E-state index is 14.1. The Hall–Kier alpha value is -3.36. The minimum absolute atomic E-state index is 0.267. The van der Waals surface area contributed by atoms with Gasteiger partial charge < -0.3 is 20.7 Å². The van der Waals surface area contributed by atoms with Gasteiger partial charge >= 0.3 is 0 Å². The highest BCUT2D eigenvalue weighted by Crippen LogP contribution is 2.27. The quantitative estimate of drug-likeness (QED) is 0.598. The number of ether oxygens (including phenoxy) is 1. The fourth-order valence-corrected chi connectivity index (χ4v) is 2.98. The lowest BCUT2D eigenvalue weighted by Gasteiger charge is -2.25. The summed E-state index contributed by atoms with van der Waals surface area (Å²) < 4.78 is 21.4. The molecule has 3 heterocycles. The van der Waals surface area contributed by atoms with Crippen LogP contribution in [0.4, 0.5) is 21.7 Å². The van der Waals surface area contributed by atoms with Gasteiger partial charge in [-0.15, -0.1) is 0 Å². The molecule has 1 amide bonds. The normalized spacial score (nSPS) is 16.1. The van der Waals surface area contributed by atoms with Gasteiger partial charge in [-0.25, -0.2) is 9.37 Å². The summed E-state index contributed by atoms with van der Waals surface area (Å²) in [6.07, 6.45) is 1.48. The van der Waals surface area contributed by atoms with Gasteiger partial charge in [-0.1, -0.05) is 13.8 Å². The Morgan fingerprint density at radius 3 is 2.89 bits per heavy atom. The number of rotatable bonds is 1. The highest BCUT2D eigenvalue weighted by atomic mass is 19.1. The van der Waals surface area contributed by atoms with E-state index in [1.807, 2.05) is 13.8 Å². The van der Waals surface area contributed by atoms with Gasteiger partial charge in [0, 0.05) is 42.9 Å². The van der Waals surface area contributed by atoms with Crippen LogP contribution in [-0.2, 0) is 0 Å². The van der Waals surface area contributed by atoms with Gasteiger partial charge in [0.05, 0.1) is 12.8 Å². The zero-order chi connectivity index (χ0) is 19.9. The van der Waals surface area contributed by atoms with Crippen molar-refractivity contribution >= 4 is 28.9 Å². The molecule has 0 radical (unpaired) electrons. The predicted octanol–water partition coefficient (Wildman–Crippen LogP) is 2.80. The van der Waals surface area contributed by atoms with Crippen LogP contribution in [0.2, 0.25) is 0 Å². The lowest BCUT2D eigenvalue weighted by molar-refractivity contribution is 0.0920. The fourth-order valence-electron chi connectivity index (χ4n) is 2.98. The van der Waals surface area contributed by atoms with E-state index in [9.17, 15) is 9.18 Å². The van der Waals surface area contributed by atoms with Crippen molar-refractivity contribution in [3.05, 3.63) is 41.8 Å². The number of carbonyl (C=O) groups excluding carboxylic acids is 1. The lowest BCUT2D eigenvalue weighted by atomic mass is 9.94. The Morgan fingerprint density at radius 1 is 1.29 bits per heavy atom. The Labute approximate surface area is 161 Å². The Balaban J connectivity index is 1.87. The smallest absolute Gasteiger partial charge is 0.256 e. The van der Waals surface area contributed by atoms with Crippen molar-refractivity contribution in [3.8, 4) is 5.75 Å². The summed E-state index contributed by atoms with van der Waals surface area (Å²) in [4.78, 5) is 17.2. The average molecular weight is 384 g/mol. The number of anilines is 3. The second-order valence-electron chi connectivity index (χ2n) is 7.51. The first-order chi connectivity index (χ1) is 13.3. The molecule has 28 heavy (non-hydrogen) atoms. The van der Waals surface area contributed by atoms with Crippen molar-refractivity contribution in [2.45, 2.75) is 13.8 Å². The molecule has 0 saturated carbocycles. The van der Waals surface area contributed by atoms with Gasteiger partial charge in [0.15, 0.2) is 5.65 Å². The third-order valence-corrected chi connectivity index (χ3v) is 4.47. The van der Waals surface area contributed by atoms with Crippen LogP contribution in [0, 0.1) is 11.2 Å². The summed E-state index contributed by atoms with van der Waals surface area (Å²) in [5.74, 6) is 0.792. The van der Waals surface area contributed by atoms with Gasteiger partial charge in [-0.2, -0.15) is 9.61 Å². The zero-order valence-corrected chi connectivity index (χ0v) is 15.8. The van der Waals surface area contributed by atoms with Crippen LogP contribution in [0.25, 0.3) is 5.65 Å². The van der Waals surface area contributed by atoms with E-state index in [1.54, 1.807) is 23.7 Å². The van der Waals surface area contributed by atoms with Crippen LogP contribution in [0.1, 0.15) is 24.2 Å². The number of nitrogens with one attached hydrogen (secondary N) is 3. The average Bonchev–Trinajstić information content (AvgIpc) is 3.07. The molecule has 0 aliphatic carbocycles. The summed E-state index contributed by atoms with van der Waals surface area (Å²) in [5, 5.41) is 13.3. The van der Waals surface area contributed by atoms with Crippen LogP contribution in [0.15, 0.2) is 30.5 Å². The maximum Gasteiger partial charge on any atom is 0.256 e.